The fraction of sp³-hybridized carbons (Fsp3) is 0.472. The van der Waals surface area contributed by atoms with Crippen LogP contribution in [0, 0.1) is 12.3 Å². The minimum absolute atomic E-state index is 0.178. The minimum atomic E-state index is -4.93. The van der Waals surface area contributed by atoms with Crippen LogP contribution >= 0.6 is 15.9 Å². The van der Waals surface area contributed by atoms with Gasteiger partial charge in [-0.25, -0.2) is 4.98 Å². The molecule has 0 spiro atoms. The van der Waals surface area contributed by atoms with Gasteiger partial charge < -0.3 is 24.6 Å². The molecule has 2 bridgehead atoms. The number of halogens is 4. The number of ether oxygens (including phenoxy) is 2. The van der Waals surface area contributed by atoms with E-state index < -0.39 is 23.1 Å². The fourth-order valence-electron chi connectivity index (χ4n) is 7.31. The first-order valence-electron chi connectivity index (χ1n) is 16.5. The number of unbranched alkanes of at least 4 members (excludes halogenated alkanes) is 1. The summed E-state index contributed by atoms with van der Waals surface area (Å²) >= 11 is 3.55. The zero-order valence-electron chi connectivity index (χ0n) is 27.4. The Morgan fingerprint density at radius 2 is 1.75 bits per heavy atom. The van der Waals surface area contributed by atoms with Crippen molar-refractivity contribution in [3.05, 3.63) is 69.7 Å². The maximum atomic E-state index is 14.7. The van der Waals surface area contributed by atoms with Gasteiger partial charge in [-0.2, -0.15) is 0 Å². The summed E-state index contributed by atoms with van der Waals surface area (Å²) in [6, 6.07) is 11.5. The molecule has 48 heavy (non-hydrogen) atoms. The number of amides is 1. The van der Waals surface area contributed by atoms with Crippen molar-refractivity contribution in [2.24, 2.45) is 5.41 Å². The number of carbonyl (C=O) groups excluding carboxylic acids is 2. The summed E-state index contributed by atoms with van der Waals surface area (Å²) in [6.07, 6.45) is -0.179. The first-order valence-corrected chi connectivity index (χ1v) is 17.3. The zero-order chi connectivity index (χ0) is 34.3. The predicted molar refractivity (Wildman–Crippen MR) is 182 cm³/mol. The summed E-state index contributed by atoms with van der Waals surface area (Å²) in [5.41, 5.74) is 0.390. The number of alkyl halides is 3. The summed E-state index contributed by atoms with van der Waals surface area (Å²) in [5, 5.41) is 3.97. The molecule has 0 unspecified atom stereocenters. The molecule has 256 valence electrons. The first-order chi connectivity index (χ1) is 22.8. The smallest absolute Gasteiger partial charge is 0.465 e. The third-order valence-electron chi connectivity index (χ3n) is 10.0. The SMILES string of the molecule is CCCCOC(=O)C12C=C(c3ccccc3OC(F)(F)F)C(NC(=O)c3c(C)c(N4CCN(C)CC4)nc4ccc(Br)cc34)(CC1)CC2. The van der Waals surface area contributed by atoms with E-state index in [2.05, 4.69) is 42.8 Å². The predicted octanol–water partition coefficient (Wildman–Crippen LogP) is 7.43. The van der Waals surface area contributed by atoms with Crippen LogP contribution in [-0.4, -0.2) is 73.5 Å². The molecule has 2 heterocycles. The molecule has 3 aliphatic carbocycles. The van der Waals surface area contributed by atoms with Crippen molar-refractivity contribution in [1.82, 2.24) is 15.2 Å². The number of hydrogen-bond acceptors (Lipinski definition) is 7. The van der Waals surface area contributed by atoms with Crippen molar-refractivity contribution in [2.75, 3.05) is 44.7 Å². The molecular formula is C36H40BrF3N4O4. The number of aromatic nitrogens is 1. The van der Waals surface area contributed by atoms with Gasteiger partial charge in [0.05, 0.1) is 28.6 Å². The molecule has 3 aromatic rings. The van der Waals surface area contributed by atoms with Crippen molar-refractivity contribution in [3.63, 3.8) is 0 Å². The number of rotatable bonds is 9. The molecule has 2 fully saturated rings. The number of hydrogen-bond donors (Lipinski definition) is 1. The van der Waals surface area contributed by atoms with E-state index in [0.29, 0.717) is 54.1 Å². The fourth-order valence-corrected chi connectivity index (χ4v) is 7.68. The number of anilines is 1. The van der Waals surface area contributed by atoms with Crippen LogP contribution < -0.4 is 15.0 Å². The maximum absolute atomic E-state index is 14.7. The molecule has 4 aliphatic rings. The van der Waals surface area contributed by atoms with Crippen LogP contribution in [0.1, 0.15) is 66.9 Å². The van der Waals surface area contributed by atoms with Gasteiger partial charge in [0.2, 0.25) is 0 Å². The van der Waals surface area contributed by atoms with E-state index in [9.17, 15) is 22.8 Å². The second-order valence-corrected chi connectivity index (χ2v) is 14.1. The molecule has 12 heteroatoms. The van der Waals surface area contributed by atoms with Crippen LogP contribution in [0.15, 0.2) is 53.0 Å². The Hall–Kier alpha value is -3.64. The van der Waals surface area contributed by atoms with Crippen molar-refractivity contribution < 1.29 is 32.2 Å². The number of likely N-dealkylation sites (N-methyl/N-ethyl adjacent to an activating group) is 1. The van der Waals surface area contributed by atoms with E-state index in [1.807, 2.05) is 32.0 Å². The molecule has 1 aliphatic heterocycles. The number of benzene rings is 2. The number of fused-ring (bicyclic) bond motifs is 3. The Bertz CT molecular complexity index is 1740. The largest absolute Gasteiger partial charge is 0.573 e. The molecule has 1 amide bonds. The highest BCUT2D eigenvalue weighted by Crippen LogP contribution is 2.56. The Morgan fingerprint density at radius 3 is 2.44 bits per heavy atom. The monoisotopic (exact) mass is 728 g/mol. The molecule has 7 rings (SSSR count). The van der Waals surface area contributed by atoms with Crippen molar-refractivity contribution in [2.45, 2.75) is 64.3 Å². The maximum Gasteiger partial charge on any atom is 0.573 e. The highest BCUT2D eigenvalue weighted by Gasteiger charge is 2.55. The third kappa shape index (κ3) is 6.65. The summed E-state index contributed by atoms with van der Waals surface area (Å²) in [5.74, 6) is -0.395. The summed E-state index contributed by atoms with van der Waals surface area (Å²) < 4.78 is 51.8. The molecule has 0 atom stereocenters. The lowest BCUT2D eigenvalue weighted by atomic mass is 9.57. The first kappa shape index (κ1) is 34.2. The van der Waals surface area contributed by atoms with Crippen LogP contribution in [-0.2, 0) is 9.53 Å². The number of nitrogens with zero attached hydrogens (tertiary/aromatic N) is 3. The van der Waals surface area contributed by atoms with Gasteiger partial charge in [0.25, 0.3) is 5.91 Å². The quantitative estimate of drug-likeness (QED) is 0.181. The Kier molecular flexibility index (Phi) is 9.52. The van der Waals surface area contributed by atoms with Crippen LogP contribution in [0.3, 0.4) is 0 Å². The second-order valence-electron chi connectivity index (χ2n) is 13.2. The van der Waals surface area contributed by atoms with E-state index >= 15 is 0 Å². The number of nitrogens with one attached hydrogen (secondary N) is 1. The molecule has 2 aromatic carbocycles. The number of pyridine rings is 1. The normalized spacial score (nSPS) is 22.8. The molecule has 1 aromatic heterocycles. The number of carbonyl (C=O) groups is 2. The van der Waals surface area contributed by atoms with Crippen molar-refractivity contribution in [1.29, 1.82) is 0 Å². The average Bonchev–Trinajstić information content (AvgIpc) is 3.05. The summed E-state index contributed by atoms with van der Waals surface area (Å²) in [6.45, 7) is 7.42. The number of para-hydroxylation sites is 1. The molecule has 0 radical (unpaired) electrons. The van der Waals surface area contributed by atoms with Crippen molar-refractivity contribution >= 4 is 50.1 Å². The van der Waals surface area contributed by atoms with Crippen LogP contribution in [0.4, 0.5) is 19.0 Å². The molecular weight excluding hydrogens is 689 g/mol. The van der Waals surface area contributed by atoms with E-state index in [4.69, 9.17) is 9.72 Å². The van der Waals surface area contributed by atoms with E-state index in [-0.39, 0.29) is 24.0 Å². The molecule has 1 N–H and O–H groups in total. The van der Waals surface area contributed by atoms with Gasteiger partial charge in [0.15, 0.2) is 0 Å². The average molecular weight is 730 g/mol. The number of esters is 1. The highest BCUT2D eigenvalue weighted by molar-refractivity contribution is 9.10. The molecule has 1 saturated carbocycles. The Morgan fingerprint density at radius 1 is 1.04 bits per heavy atom. The van der Waals surface area contributed by atoms with Gasteiger partial charge in [-0.1, -0.05) is 53.5 Å². The van der Waals surface area contributed by atoms with Gasteiger partial charge in [-0.05, 0) is 75.9 Å². The lowest BCUT2D eigenvalue weighted by Crippen LogP contribution is -2.57. The van der Waals surface area contributed by atoms with E-state index in [0.717, 1.165) is 48.5 Å². The minimum Gasteiger partial charge on any atom is -0.465 e. The van der Waals surface area contributed by atoms with Gasteiger partial charge in [-0.15, -0.1) is 13.2 Å². The lowest BCUT2D eigenvalue weighted by molar-refractivity contribution is -0.274. The zero-order valence-corrected chi connectivity index (χ0v) is 29.0. The topological polar surface area (TPSA) is 84.0 Å². The van der Waals surface area contributed by atoms with Crippen molar-refractivity contribution in [3.8, 4) is 5.75 Å². The van der Waals surface area contributed by atoms with E-state index in [1.54, 1.807) is 18.2 Å². The molecule has 8 nitrogen and oxygen atoms in total. The summed E-state index contributed by atoms with van der Waals surface area (Å²) in [7, 11) is 2.07. The van der Waals surface area contributed by atoms with Gasteiger partial charge in [0, 0.05) is 47.2 Å². The van der Waals surface area contributed by atoms with E-state index in [1.165, 1.54) is 12.1 Å². The molecule has 1 saturated heterocycles. The lowest BCUT2D eigenvalue weighted by Gasteiger charge is -2.51. The Balaban J connectivity index is 1.45. The number of piperazine rings is 1. The van der Waals surface area contributed by atoms with Crippen LogP contribution in [0.2, 0.25) is 0 Å². The Labute approximate surface area is 286 Å². The van der Waals surface area contributed by atoms with Gasteiger partial charge >= 0.3 is 12.3 Å². The van der Waals surface area contributed by atoms with Gasteiger partial charge in [-0.3, -0.25) is 9.59 Å². The third-order valence-corrected chi connectivity index (χ3v) is 10.5. The van der Waals surface area contributed by atoms with Gasteiger partial charge in [0.1, 0.15) is 11.6 Å². The highest BCUT2D eigenvalue weighted by atomic mass is 79.9. The van der Waals surface area contributed by atoms with Crippen LogP contribution in [0.25, 0.3) is 16.5 Å². The standard InChI is InChI=1S/C36H40BrF3N4O4/c1-4-5-20-47-33(46)34-12-14-35(15-13-34,27(22-34)25-8-6-7-9-29(25)48-36(38,39)40)42-32(45)30-23(2)31(44-18-16-43(3)17-19-44)41-28-11-10-24(37)21-26(28)30/h6-11,21-22H,4-5,12-20H2,1-3H3,(H,42,45). The second kappa shape index (κ2) is 13.3. The summed E-state index contributed by atoms with van der Waals surface area (Å²) in [4.78, 5) is 37.7. The van der Waals surface area contributed by atoms with Crippen LogP contribution in [0.5, 0.6) is 5.75 Å².